The molecule has 0 saturated heterocycles. The Kier molecular flexibility index (Phi) is 7.12. The fourth-order valence-electron chi connectivity index (χ4n) is 3.49. The first-order valence-corrected chi connectivity index (χ1v) is 10.0. The second-order valence-corrected chi connectivity index (χ2v) is 8.14. The quantitative estimate of drug-likeness (QED) is 0.435. The lowest BCUT2D eigenvalue weighted by Crippen LogP contribution is -2.29. The standard InChI is InChI=1S/C25H32O4/c1-8-18(11-9-10-17(4)12-24(26)27)19-13-20-21(16(2)3)15-25(5,6)29-23(20)14-22(19)28-7/h9-16H,8H2,1-7H3,(H,26,27). The topological polar surface area (TPSA) is 55.8 Å². The number of hydrogen-bond donors (Lipinski definition) is 1. The molecule has 0 fully saturated rings. The van der Waals surface area contributed by atoms with Crippen molar-refractivity contribution in [1.82, 2.24) is 0 Å². The molecule has 0 amide bonds. The lowest BCUT2D eigenvalue weighted by Gasteiger charge is -2.33. The van der Waals surface area contributed by atoms with Crippen LogP contribution in [0.3, 0.4) is 0 Å². The van der Waals surface area contributed by atoms with Gasteiger partial charge in [-0.1, -0.05) is 39.0 Å². The van der Waals surface area contributed by atoms with E-state index in [0.29, 0.717) is 11.5 Å². The summed E-state index contributed by atoms with van der Waals surface area (Å²) in [6, 6.07) is 4.13. The van der Waals surface area contributed by atoms with Gasteiger partial charge in [0.15, 0.2) is 0 Å². The van der Waals surface area contributed by atoms with Gasteiger partial charge in [0.2, 0.25) is 0 Å². The van der Waals surface area contributed by atoms with Crippen molar-refractivity contribution in [3.63, 3.8) is 0 Å². The van der Waals surface area contributed by atoms with Gasteiger partial charge < -0.3 is 14.6 Å². The zero-order chi connectivity index (χ0) is 21.8. The minimum atomic E-state index is -0.945. The van der Waals surface area contributed by atoms with E-state index in [-0.39, 0.29) is 5.60 Å². The average molecular weight is 397 g/mol. The van der Waals surface area contributed by atoms with Crippen LogP contribution in [0.4, 0.5) is 0 Å². The normalized spacial score (nSPS) is 16.5. The first-order valence-electron chi connectivity index (χ1n) is 10.0. The SMILES string of the molecule is CCC(=CC=CC(C)=CC(=O)O)c1cc2c(cc1OC)OC(C)(C)C=C2C(C)C. The van der Waals surface area contributed by atoms with Crippen molar-refractivity contribution in [2.24, 2.45) is 5.92 Å². The van der Waals surface area contributed by atoms with E-state index in [4.69, 9.17) is 14.6 Å². The van der Waals surface area contributed by atoms with Gasteiger partial charge in [-0.2, -0.15) is 0 Å². The van der Waals surface area contributed by atoms with Gasteiger partial charge in [0, 0.05) is 23.3 Å². The van der Waals surface area contributed by atoms with E-state index in [1.807, 2.05) is 18.2 Å². The smallest absolute Gasteiger partial charge is 0.328 e. The zero-order valence-electron chi connectivity index (χ0n) is 18.5. The monoisotopic (exact) mass is 396 g/mol. The second-order valence-electron chi connectivity index (χ2n) is 8.14. The highest BCUT2D eigenvalue weighted by atomic mass is 16.5. The Labute approximate surface area is 174 Å². The van der Waals surface area contributed by atoms with Crippen LogP contribution in [0.25, 0.3) is 11.1 Å². The molecule has 2 rings (SSSR count). The van der Waals surface area contributed by atoms with Gasteiger partial charge >= 0.3 is 5.97 Å². The van der Waals surface area contributed by atoms with Crippen LogP contribution in [0.5, 0.6) is 11.5 Å². The van der Waals surface area contributed by atoms with Gasteiger partial charge in [-0.05, 0) is 62.0 Å². The molecule has 1 N–H and O–H groups in total. The largest absolute Gasteiger partial charge is 0.496 e. The van der Waals surface area contributed by atoms with Gasteiger partial charge in [0.25, 0.3) is 0 Å². The Bertz CT molecular complexity index is 896. The number of carboxylic acids is 1. The number of aliphatic carboxylic acids is 1. The van der Waals surface area contributed by atoms with Gasteiger partial charge in [-0.15, -0.1) is 0 Å². The fourth-order valence-corrected chi connectivity index (χ4v) is 3.49. The van der Waals surface area contributed by atoms with Crippen LogP contribution in [0.2, 0.25) is 0 Å². The van der Waals surface area contributed by atoms with Crippen molar-refractivity contribution in [2.75, 3.05) is 7.11 Å². The summed E-state index contributed by atoms with van der Waals surface area (Å²) in [5.41, 5.74) is 4.82. The van der Waals surface area contributed by atoms with Gasteiger partial charge in [-0.25, -0.2) is 4.79 Å². The van der Waals surface area contributed by atoms with E-state index in [9.17, 15) is 4.79 Å². The van der Waals surface area contributed by atoms with Gasteiger partial charge in [-0.3, -0.25) is 0 Å². The third-order valence-electron chi connectivity index (χ3n) is 4.85. The molecule has 156 valence electrons. The summed E-state index contributed by atoms with van der Waals surface area (Å²) in [7, 11) is 1.67. The molecule has 4 heteroatoms. The number of methoxy groups -OCH3 is 1. The minimum Gasteiger partial charge on any atom is -0.496 e. The summed E-state index contributed by atoms with van der Waals surface area (Å²) in [5, 5.41) is 8.84. The van der Waals surface area contributed by atoms with Crippen LogP contribution >= 0.6 is 0 Å². The lowest BCUT2D eigenvalue weighted by atomic mass is 9.86. The minimum absolute atomic E-state index is 0.362. The molecule has 1 aromatic carbocycles. The molecule has 1 aromatic rings. The predicted molar refractivity (Wildman–Crippen MR) is 119 cm³/mol. The van der Waals surface area contributed by atoms with Crippen LogP contribution in [0.15, 0.2) is 48.1 Å². The van der Waals surface area contributed by atoms with Crippen LogP contribution in [0.1, 0.15) is 59.1 Å². The van der Waals surface area contributed by atoms with Crippen LogP contribution < -0.4 is 9.47 Å². The number of hydrogen-bond acceptors (Lipinski definition) is 3. The second kappa shape index (κ2) is 9.17. The summed E-state index contributed by atoms with van der Waals surface area (Å²) in [6.07, 6.45) is 9.88. The van der Waals surface area contributed by atoms with Gasteiger partial charge in [0.05, 0.1) is 7.11 Å². The highest BCUT2D eigenvalue weighted by Gasteiger charge is 2.29. The van der Waals surface area contributed by atoms with Crippen molar-refractivity contribution in [3.05, 3.63) is 59.2 Å². The van der Waals surface area contributed by atoms with E-state index in [1.54, 1.807) is 20.1 Å². The van der Waals surface area contributed by atoms with E-state index in [2.05, 4.69) is 46.8 Å². The van der Waals surface area contributed by atoms with Crippen molar-refractivity contribution < 1.29 is 19.4 Å². The molecule has 0 saturated carbocycles. The molecule has 0 unspecified atom stereocenters. The van der Waals surface area contributed by atoms with E-state index >= 15 is 0 Å². The maximum Gasteiger partial charge on any atom is 0.328 e. The number of benzene rings is 1. The first-order chi connectivity index (χ1) is 13.6. The molecule has 0 spiro atoms. The molecule has 0 bridgehead atoms. The third kappa shape index (κ3) is 5.63. The first kappa shape index (κ1) is 22.5. The van der Waals surface area contributed by atoms with Crippen LogP contribution in [-0.2, 0) is 4.79 Å². The lowest BCUT2D eigenvalue weighted by molar-refractivity contribution is -0.131. The van der Waals surface area contributed by atoms with E-state index in [1.165, 1.54) is 11.6 Å². The third-order valence-corrected chi connectivity index (χ3v) is 4.85. The van der Waals surface area contributed by atoms with Crippen molar-refractivity contribution >= 4 is 17.1 Å². The average Bonchev–Trinajstić information content (AvgIpc) is 2.62. The number of rotatable bonds is 7. The molecule has 1 aliphatic rings. The van der Waals surface area contributed by atoms with E-state index in [0.717, 1.165) is 34.6 Å². The summed E-state index contributed by atoms with van der Waals surface area (Å²) >= 11 is 0. The highest BCUT2D eigenvalue weighted by Crippen LogP contribution is 2.44. The fraction of sp³-hybridized carbons (Fsp3) is 0.400. The summed E-state index contributed by atoms with van der Waals surface area (Å²) in [6.45, 7) is 12.4. The summed E-state index contributed by atoms with van der Waals surface area (Å²) in [4.78, 5) is 10.8. The van der Waals surface area contributed by atoms with Crippen molar-refractivity contribution in [2.45, 2.75) is 53.6 Å². The van der Waals surface area contributed by atoms with Crippen LogP contribution in [-0.4, -0.2) is 23.8 Å². The molecular weight excluding hydrogens is 364 g/mol. The summed E-state index contributed by atoms with van der Waals surface area (Å²) < 4.78 is 11.9. The Hall–Kier alpha value is -2.75. The molecule has 1 aliphatic heterocycles. The van der Waals surface area contributed by atoms with Crippen molar-refractivity contribution in [3.8, 4) is 11.5 Å². The maximum atomic E-state index is 10.8. The molecular formula is C25H32O4. The Morgan fingerprint density at radius 3 is 2.55 bits per heavy atom. The van der Waals surface area contributed by atoms with Crippen molar-refractivity contribution in [1.29, 1.82) is 0 Å². The molecule has 0 aliphatic carbocycles. The molecule has 1 heterocycles. The molecule has 4 nitrogen and oxygen atoms in total. The number of allylic oxidation sites excluding steroid dienone is 6. The number of carbonyl (C=O) groups is 1. The maximum absolute atomic E-state index is 10.8. The zero-order valence-corrected chi connectivity index (χ0v) is 18.5. The highest BCUT2D eigenvalue weighted by molar-refractivity contribution is 5.82. The van der Waals surface area contributed by atoms with Crippen LogP contribution in [0, 0.1) is 5.92 Å². The number of fused-ring (bicyclic) bond motifs is 1. The molecule has 0 radical (unpaired) electrons. The summed E-state index contributed by atoms with van der Waals surface area (Å²) in [5.74, 6) is 1.03. The van der Waals surface area contributed by atoms with Gasteiger partial charge in [0.1, 0.15) is 17.1 Å². The predicted octanol–water partition coefficient (Wildman–Crippen LogP) is 6.29. The Balaban J connectivity index is 2.55. The molecule has 0 atom stereocenters. The molecule has 0 aromatic heterocycles. The van der Waals surface area contributed by atoms with E-state index < -0.39 is 5.97 Å². The Morgan fingerprint density at radius 1 is 1.31 bits per heavy atom. The number of ether oxygens (including phenoxy) is 2. The Morgan fingerprint density at radius 2 is 2.00 bits per heavy atom. The number of carboxylic acid groups (broad SMARTS) is 1. The molecule has 29 heavy (non-hydrogen) atoms.